The minimum absolute atomic E-state index is 0.357. The summed E-state index contributed by atoms with van der Waals surface area (Å²) in [5.41, 5.74) is 0. The zero-order valence-electron chi connectivity index (χ0n) is 9.90. The number of hydrogen-bond acceptors (Lipinski definition) is 5. The molecule has 0 fully saturated rings. The maximum atomic E-state index is 11.0. The van der Waals surface area contributed by atoms with Crippen molar-refractivity contribution < 1.29 is 22.8 Å². The molecule has 0 saturated heterocycles. The predicted molar refractivity (Wildman–Crippen MR) is 56.6 cm³/mol. The van der Waals surface area contributed by atoms with Gasteiger partial charge < -0.3 is 22.9 Å². The molecule has 0 spiro atoms. The Morgan fingerprint density at radius 1 is 1.27 bits per heavy atom. The lowest BCUT2D eigenvalue weighted by molar-refractivity contribution is 0.0876. The molecule has 0 aromatic heterocycles. The summed E-state index contributed by atoms with van der Waals surface area (Å²) < 4.78 is 20.2. The van der Waals surface area contributed by atoms with Crippen LogP contribution in [0.4, 0.5) is 4.79 Å². The summed E-state index contributed by atoms with van der Waals surface area (Å²) in [5, 5.41) is 0. The molecule has 15 heavy (non-hydrogen) atoms. The molecular weight excluding hydrogens is 218 g/mol. The Morgan fingerprint density at radius 2 is 1.80 bits per heavy atom. The predicted octanol–water partition coefficient (Wildman–Crippen LogP) is 0.563. The van der Waals surface area contributed by atoms with Gasteiger partial charge in [-0.3, -0.25) is 0 Å². The molecule has 0 aromatic rings. The van der Waals surface area contributed by atoms with E-state index in [0.717, 1.165) is 0 Å². The van der Waals surface area contributed by atoms with Gasteiger partial charge >= 0.3 is 14.9 Å². The molecule has 0 bridgehead atoms. The number of ether oxygens (including phenoxy) is 1. The van der Waals surface area contributed by atoms with Crippen LogP contribution >= 0.6 is 0 Å². The second kappa shape index (κ2) is 6.78. The first-order valence-corrected chi connectivity index (χ1v) is 6.75. The normalized spacial score (nSPS) is 11.3. The first-order chi connectivity index (χ1) is 6.99. The van der Waals surface area contributed by atoms with Gasteiger partial charge in [0.2, 0.25) is 0 Å². The standard InChI is InChI=1S/C8H19NO5Si/c1-9(8(10)11-2)6-7-14-15(5,12-3)13-4/h6-7H2,1-5H3. The van der Waals surface area contributed by atoms with E-state index < -0.39 is 14.9 Å². The second-order valence-corrected chi connectivity index (χ2v) is 5.84. The molecule has 0 aliphatic heterocycles. The summed E-state index contributed by atoms with van der Waals surface area (Å²) in [4.78, 5) is 12.4. The Kier molecular flexibility index (Phi) is 6.49. The van der Waals surface area contributed by atoms with Crippen LogP contribution in [0, 0.1) is 0 Å². The Morgan fingerprint density at radius 3 is 2.20 bits per heavy atom. The zero-order valence-corrected chi connectivity index (χ0v) is 10.9. The van der Waals surface area contributed by atoms with Gasteiger partial charge in [-0.15, -0.1) is 0 Å². The summed E-state index contributed by atoms with van der Waals surface area (Å²) >= 11 is 0. The maximum Gasteiger partial charge on any atom is 0.497 e. The Bertz CT molecular complexity index is 197. The van der Waals surface area contributed by atoms with Crippen LogP contribution in [0.25, 0.3) is 0 Å². The van der Waals surface area contributed by atoms with E-state index >= 15 is 0 Å². The Hall–Kier alpha value is -0.633. The topological polar surface area (TPSA) is 57.2 Å². The third kappa shape index (κ3) is 5.12. The average molecular weight is 237 g/mol. The lowest BCUT2D eigenvalue weighted by atomic mass is 10.6. The van der Waals surface area contributed by atoms with Crippen molar-refractivity contribution in [1.82, 2.24) is 4.90 Å². The van der Waals surface area contributed by atoms with E-state index in [1.165, 1.54) is 12.0 Å². The highest BCUT2D eigenvalue weighted by Gasteiger charge is 2.31. The van der Waals surface area contributed by atoms with Crippen LogP contribution < -0.4 is 0 Å². The molecule has 0 unspecified atom stereocenters. The van der Waals surface area contributed by atoms with Gasteiger partial charge in [-0.2, -0.15) is 0 Å². The van der Waals surface area contributed by atoms with E-state index in [4.69, 9.17) is 13.3 Å². The molecule has 0 aliphatic carbocycles. The molecule has 0 saturated carbocycles. The monoisotopic (exact) mass is 237 g/mol. The lowest BCUT2D eigenvalue weighted by Gasteiger charge is -2.23. The number of carbonyl (C=O) groups excluding carboxylic acids is 1. The van der Waals surface area contributed by atoms with Crippen LogP contribution in [0.5, 0.6) is 0 Å². The number of carbonyl (C=O) groups is 1. The molecular formula is C8H19NO5Si. The van der Waals surface area contributed by atoms with E-state index in [0.29, 0.717) is 13.2 Å². The van der Waals surface area contributed by atoms with Gasteiger partial charge in [0.25, 0.3) is 0 Å². The van der Waals surface area contributed by atoms with E-state index in [1.807, 2.05) is 0 Å². The third-order valence-electron chi connectivity index (χ3n) is 2.02. The number of nitrogens with zero attached hydrogens (tertiary/aromatic N) is 1. The number of hydrogen-bond donors (Lipinski definition) is 0. The van der Waals surface area contributed by atoms with Crippen LogP contribution in [-0.2, 0) is 18.0 Å². The molecule has 0 rings (SSSR count). The lowest BCUT2D eigenvalue weighted by Crippen LogP contribution is -2.42. The van der Waals surface area contributed by atoms with Crippen LogP contribution in [0.2, 0.25) is 6.55 Å². The van der Waals surface area contributed by atoms with Crippen molar-refractivity contribution in [2.45, 2.75) is 6.55 Å². The molecule has 0 atom stereocenters. The molecule has 7 heteroatoms. The van der Waals surface area contributed by atoms with Crippen molar-refractivity contribution in [1.29, 1.82) is 0 Å². The fraction of sp³-hybridized carbons (Fsp3) is 0.875. The summed E-state index contributed by atoms with van der Waals surface area (Å²) in [6, 6.07) is 0. The molecule has 0 aromatic carbocycles. The van der Waals surface area contributed by atoms with Crippen molar-refractivity contribution in [2.75, 3.05) is 41.5 Å². The van der Waals surface area contributed by atoms with E-state index in [2.05, 4.69) is 4.74 Å². The van der Waals surface area contributed by atoms with Crippen molar-refractivity contribution in [3.63, 3.8) is 0 Å². The molecule has 90 valence electrons. The van der Waals surface area contributed by atoms with Gasteiger partial charge in [0.1, 0.15) is 0 Å². The van der Waals surface area contributed by atoms with Crippen molar-refractivity contribution in [3.8, 4) is 0 Å². The molecule has 0 aliphatic rings. The summed E-state index contributed by atoms with van der Waals surface area (Å²) in [6.45, 7) is 2.57. The Balaban J connectivity index is 3.83. The van der Waals surface area contributed by atoms with E-state index in [-0.39, 0.29) is 0 Å². The summed E-state index contributed by atoms with van der Waals surface area (Å²) in [6.07, 6.45) is -0.392. The first kappa shape index (κ1) is 14.4. The molecule has 0 radical (unpaired) electrons. The molecule has 0 N–H and O–H groups in total. The van der Waals surface area contributed by atoms with Gasteiger partial charge in [0.05, 0.1) is 13.7 Å². The summed E-state index contributed by atoms with van der Waals surface area (Å²) in [7, 11) is 3.56. The van der Waals surface area contributed by atoms with Gasteiger partial charge in [0, 0.05) is 34.4 Å². The van der Waals surface area contributed by atoms with Gasteiger partial charge in [-0.1, -0.05) is 0 Å². The van der Waals surface area contributed by atoms with E-state index in [1.54, 1.807) is 27.8 Å². The highest BCUT2D eigenvalue weighted by molar-refractivity contribution is 6.59. The number of rotatable bonds is 6. The minimum Gasteiger partial charge on any atom is -0.453 e. The van der Waals surface area contributed by atoms with Crippen molar-refractivity contribution in [3.05, 3.63) is 0 Å². The number of methoxy groups -OCH3 is 1. The zero-order chi connectivity index (χ0) is 11.9. The highest BCUT2D eigenvalue weighted by Crippen LogP contribution is 2.05. The fourth-order valence-electron chi connectivity index (χ4n) is 0.816. The second-order valence-electron chi connectivity index (χ2n) is 3.01. The maximum absolute atomic E-state index is 11.0. The first-order valence-electron chi connectivity index (χ1n) is 4.52. The number of amides is 1. The van der Waals surface area contributed by atoms with E-state index in [9.17, 15) is 4.79 Å². The quantitative estimate of drug-likeness (QED) is 0.632. The van der Waals surface area contributed by atoms with Crippen molar-refractivity contribution >= 4 is 14.9 Å². The van der Waals surface area contributed by atoms with Gasteiger partial charge in [-0.05, 0) is 0 Å². The molecule has 0 heterocycles. The smallest absolute Gasteiger partial charge is 0.453 e. The molecule has 1 amide bonds. The summed E-state index contributed by atoms with van der Waals surface area (Å²) in [5.74, 6) is 0. The largest absolute Gasteiger partial charge is 0.497 e. The fourth-order valence-corrected chi connectivity index (χ4v) is 1.68. The van der Waals surface area contributed by atoms with Gasteiger partial charge in [-0.25, -0.2) is 4.79 Å². The van der Waals surface area contributed by atoms with Gasteiger partial charge in [0.15, 0.2) is 0 Å². The number of likely N-dealkylation sites (N-methyl/N-ethyl adjacent to an activating group) is 1. The minimum atomic E-state index is -2.49. The highest BCUT2D eigenvalue weighted by atomic mass is 28.4. The van der Waals surface area contributed by atoms with Crippen LogP contribution in [0.15, 0.2) is 0 Å². The van der Waals surface area contributed by atoms with Crippen LogP contribution in [-0.4, -0.2) is 61.3 Å². The van der Waals surface area contributed by atoms with Crippen LogP contribution in [0.1, 0.15) is 0 Å². The molecule has 6 nitrogen and oxygen atoms in total. The SMILES string of the molecule is COC(=O)N(C)CCO[Si](C)(OC)OC. The Labute approximate surface area is 91.4 Å². The van der Waals surface area contributed by atoms with Crippen LogP contribution in [0.3, 0.4) is 0 Å². The average Bonchev–Trinajstić information content (AvgIpc) is 2.27. The third-order valence-corrected chi connectivity index (χ3v) is 4.23. The van der Waals surface area contributed by atoms with Crippen molar-refractivity contribution in [2.24, 2.45) is 0 Å².